The fourth-order valence-electron chi connectivity index (χ4n) is 1.65. The molecular weight excluding hydrogens is 345 g/mol. The number of aliphatic hydroxyl groups is 1. The summed E-state index contributed by atoms with van der Waals surface area (Å²) in [5.41, 5.74) is -0.504. The topological polar surface area (TPSA) is 69.6 Å². The largest absolute Gasteiger partial charge is 0.507 e. The first-order chi connectivity index (χ1) is 8.35. The van der Waals surface area contributed by atoms with E-state index in [0.717, 1.165) is 6.42 Å². The summed E-state index contributed by atoms with van der Waals surface area (Å²) in [5.74, 6) is -0.207. The quantitative estimate of drug-likeness (QED) is 0.703. The number of hydrogen-bond donors (Lipinski definition) is 3. The Labute approximate surface area is 121 Å². The van der Waals surface area contributed by atoms with Gasteiger partial charge in [0.05, 0.1) is 9.17 Å². The standard InChI is InChI=1S/C13H18INO3/c1-3-6-13(2,18)8-15-12(17)9-4-5-10(14)11(16)7-9/h4-5,7,16,18H,3,6,8H2,1-2H3,(H,15,17). The second-order valence-electron chi connectivity index (χ2n) is 4.60. The van der Waals surface area contributed by atoms with Crippen LogP contribution in [0.15, 0.2) is 18.2 Å². The van der Waals surface area contributed by atoms with Crippen LogP contribution in [0.25, 0.3) is 0 Å². The van der Waals surface area contributed by atoms with Gasteiger partial charge in [-0.15, -0.1) is 0 Å². The molecule has 18 heavy (non-hydrogen) atoms. The normalized spacial score (nSPS) is 14.0. The predicted molar refractivity (Wildman–Crippen MR) is 78.7 cm³/mol. The van der Waals surface area contributed by atoms with Crippen LogP contribution >= 0.6 is 22.6 Å². The fraction of sp³-hybridized carbons (Fsp3) is 0.462. The lowest BCUT2D eigenvalue weighted by atomic mass is 10.0. The molecule has 1 aromatic rings. The molecule has 0 saturated heterocycles. The van der Waals surface area contributed by atoms with E-state index in [1.54, 1.807) is 19.1 Å². The van der Waals surface area contributed by atoms with Crippen LogP contribution in [0.5, 0.6) is 5.75 Å². The van der Waals surface area contributed by atoms with Gasteiger partial charge in [0.25, 0.3) is 5.91 Å². The van der Waals surface area contributed by atoms with E-state index in [-0.39, 0.29) is 18.2 Å². The van der Waals surface area contributed by atoms with Gasteiger partial charge in [-0.1, -0.05) is 13.3 Å². The second kappa shape index (κ2) is 6.38. The summed E-state index contributed by atoms with van der Waals surface area (Å²) in [6.45, 7) is 3.88. The maximum Gasteiger partial charge on any atom is 0.251 e. The first-order valence-corrected chi connectivity index (χ1v) is 6.92. The summed E-state index contributed by atoms with van der Waals surface area (Å²) in [4.78, 5) is 11.8. The van der Waals surface area contributed by atoms with Crippen LogP contribution in [0, 0.1) is 3.57 Å². The van der Waals surface area contributed by atoms with Crippen LogP contribution in [0.3, 0.4) is 0 Å². The molecule has 1 aromatic carbocycles. The molecule has 1 atom stereocenters. The molecule has 1 unspecified atom stereocenters. The summed E-state index contributed by atoms with van der Waals surface area (Å²) in [5, 5.41) is 22.1. The second-order valence-corrected chi connectivity index (χ2v) is 5.76. The van der Waals surface area contributed by atoms with E-state index >= 15 is 0 Å². The van der Waals surface area contributed by atoms with Gasteiger partial charge >= 0.3 is 0 Å². The van der Waals surface area contributed by atoms with Crippen molar-refractivity contribution in [2.75, 3.05) is 6.54 Å². The number of carbonyl (C=O) groups excluding carboxylic acids is 1. The molecule has 0 radical (unpaired) electrons. The number of carbonyl (C=O) groups is 1. The molecule has 0 spiro atoms. The van der Waals surface area contributed by atoms with Crippen molar-refractivity contribution in [3.63, 3.8) is 0 Å². The van der Waals surface area contributed by atoms with E-state index in [1.165, 1.54) is 6.07 Å². The molecule has 0 aliphatic carbocycles. The monoisotopic (exact) mass is 363 g/mol. The summed E-state index contributed by atoms with van der Waals surface area (Å²) in [6, 6.07) is 4.74. The van der Waals surface area contributed by atoms with Crippen molar-refractivity contribution in [3.05, 3.63) is 27.3 Å². The lowest BCUT2D eigenvalue weighted by molar-refractivity contribution is 0.0469. The molecular formula is C13H18INO3. The number of aromatic hydroxyl groups is 1. The molecule has 5 heteroatoms. The van der Waals surface area contributed by atoms with Crippen LogP contribution in [0.2, 0.25) is 0 Å². The molecule has 0 bridgehead atoms. The van der Waals surface area contributed by atoms with Crippen molar-refractivity contribution >= 4 is 28.5 Å². The van der Waals surface area contributed by atoms with Crippen LogP contribution in [0.1, 0.15) is 37.0 Å². The number of rotatable bonds is 5. The number of benzene rings is 1. The van der Waals surface area contributed by atoms with Crippen LogP contribution < -0.4 is 5.32 Å². The summed E-state index contributed by atoms with van der Waals surface area (Å²) >= 11 is 1.99. The third-order valence-electron chi connectivity index (χ3n) is 2.63. The number of halogens is 1. The van der Waals surface area contributed by atoms with Crippen molar-refractivity contribution in [3.8, 4) is 5.75 Å². The number of nitrogens with one attached hydrogen (secondary N) is 1. The first-order valence-electron chi connectivity index (χ1n) is 5.85. The molecule has 100 valence electrons. The third kappa shape index (κ3) is 4.45. The van der Waals surface area contributed by atoms with E-state index in [0.29, 0.717) is 15.6 Å². The Hall–Kier alpha value is -0.820. The van der Waals surface area contributed by atoms with Crippen molar-refractivity contribution in [1.29, 1.82) is 0 Å². The maximum absolute atomic E-state index is 11.8. The number of phenols is 1. The molecule has 0 aromatic heterocycles. The highest BCUT2D eigenvalue weighted by Crippen LogP contribution is 2.20. The Morgan fingerprint density at radius 3 is 2.72 bits per heavy atom. The van der Waals surface area contributed by atoms with Gasteiger partial charge < -0.3 is 15.5 Å². The van der Waals surface area contributed by atoms with E-state index in [4.69, 9.17) is 0 Å². The van der Waals surface area contributed by atoms with Crippen LogP contribution in [-0.4, -0.2) is 28.3 Å². The Bertz CT molecular complexity index is 432. The smallest absolute Gasteiger partial charge is 0.251 e. The maximum atomic E-state index is 11.8. The van der Waals surface area contributed by atoms with E-state index < -0.39 is 5.60 Å². The predicted octanol–water partition coefficient (Wildman–Crippen LogP) is 2.28. The Morgan fingerprint density at radius 2 is 2.17 bits per heavy atom. The fourth-order valence-corrected chi connectivity index (χ4v) is 1.99. The first kappa shape index (κ1) is 15.2. The van der Waals surface area contributed by atoms with Crippen molar-refractivity contribution < 1.29 is 15.0 Å². The highest BCUT2D eigenvalue weighted by molar-refractivity contribution is 14.1. The van der Waals surface area contributed by atoms with Gasteiger partial charge in [0.15, 0.2) is 0 Å². The molecule has 0 fully saturated rings. The van der Waals surface area contributed by atoms with Gasteiger partial charge in [0.2, 0.25) is 0 Å². The molecule has 0 heterocycles. The molecule has 0 aliphatic heterocycles. The third-order valence-corrected chi connectivity index (χ3v) is 3.54. The Balaban J connectivity index is 2.63. The van der Waals surface area contributed by atoms with Gasteiger partial charge in [-0.25, -0.2) is 0 Å². The molecule has 0 aliphatic rings. The summed E-state index contributed by atoms with van der Waals surface area (Å²) in [7, 11) is 0. The Kier molecular flexibility index (Phi) is 5.40. The van der Waals surface area contributed by atoms with Gasteiger partial charge in [-0.05, 0) is 54.1 Å². The average Bonchev–Trinajstić information content (AvgIpc) is 2.30. The molecule has 1 amide bonds. The summed E-state index contributed by atoms with van der Waals surface area (Å²) in [6.07, 6.45) is 1.48. The average molecular weight is 363 g/mol. The van der Waals surface area contributed by atoms with Gasteiger partial charge in [0, 0.05) is 12.1 Å². The van der Waals surface area contributed by atoms with Crippen molar-refractivity contribution in [1.82, 2.24) is 5.32 Å². The van der Waals surface area contributed by atoms with Gasteiger partial charge in [0.1, 0.15) is 5.75 Å². The lowest BCUT2D eigenvalue weighted by Crippen LogP contribution is -2.40. The number of hydrogen-bond acceptors (Lipinski definition) is 3. The van der Waals surface area contributed by atoms with Crippen molar-refractivity contribution in [2.24, 2.45) is 0 Å². The molecule has 0 saturated carbocycles. The minimum absolute atomic E-state index is 0.0866. The Morgan fingerprint density at radius 1 is 1.50 bits per heavy atom. The minimum Gasteiger partial charge on any atom is -0.507 e. The van der Waals surface area contributed by atoms with E-state index in [2.05, 4.69) is 5.32 Å². The van der Waals surface area contributed by atoms with E-state index in [9.17, 15) is 15.0 Å². The zero-order valence-electron chi connectivity index (χ0n) is 10.5. The zero-order chi connectivity index (χ0) is 13.8. The van der Waals surface area contributed by atoms with Crippen LogP contribution in [0.4, 0.5) is 0 Å². The highest BCUT2D eigenvalue weighted by Gasteiger charge is 2.20. The number of amides is 1. The number of phenolic OH excluding ortho intramolecular Hbond substituents is 1. The molecule has 3 N–H and O–H groups in total. The zero-order valence-corrected chi connectivity index (χ0v) is 12.7. The van der Waals surface area contributed by atoms with Gasteiger partial charge in [-0.3, -0.25) is 4.79 Å². The molecule has 4 nitrogen and oxygen atoms in total. The molecule has 1 rings (SSSR count). The van der Waals surface area contributed by atoms with Gasteiger partial charge in [-0.2, -0.15) is 0 Å². The summed E-state index contributed by atoms with van der Waals surface area (Å²) < 4.78 is 0.696. The van der Waals surface area contributed by atoms with Crippen molar-refractivity contribution in [2.45, 2.75) is 32.3 Å². The van der Waals surface area contributed by atoms with E-state index in [1.807, 2.05) is 29.5 Å². The van der Waals surface area contributed by atoms with Crippen LogP contribution in [-0.2, 0) is 0 Å². The highest BCUT2D eigenvalue weighted by atomic mass is 127. The SMILES string of the molecule is CCCC(C)(O)CNC(=O)c1ccc(I)c(O)c1. The minimum atomic E-state index is -0.893. The lowest BCUT2D eigenvalue weighted by Gasteiger charge is -2.22.